The average molecular weight is 207 g/mol. The quantitative estimate of drug-likeness (QED) is 0.771. The molecular formula is C12H17NS. The Hall–Kier alpha value is -0.470. The Morgan fingerprint density at radius 2 is 2.14 bits per heavy atom. The van der Waals surface area contributed by atoms with E-state index in [1.165, 1.54) is 24.2 Å². The number of thioether (sulfide) groups is 1. The molecule has 0 amide bonds. The van der Waals surface area contributed by atoms with Crippen molar-refractivity contribution >= 4 is 11.8 Å². The van der Waals surface area contributed by atoms with Gasteiger partial charge in [0.05, 0.1) is 0 Å². The van der Waals surface area contributed by atoms with Crippen molar-refractivity contribution in [3.8, 4) is 0 Å². The molecule has 0 fully saturated rings. The number of nitrogens with two attached hydrogens (primary N) is 1. The van der Waals surface area contributed by atoms with Gasteiger partial charge in [0, 0.05) is 16.7 Å². The molecule has 76 valence electrons. The summed E-state index contributed by atoms with van der Waals surface area (Å²) in [6.45, 7) is 2.06. The van der Waals surface area contributed by atoms with Crippen molar-refractivity contribution in [3.63, 3.8) is 0 Å². The van der Waals surface area contributed by atoms with E-state index in [0.717, 1.165) is 5.75 Å². The molecule has 0 aliphatic heterocycles. The lowest BCUT2D eigenvalue weighted by atomic mass is 10.1. The summed E-state index contributed by atoms with van der Waals surface area (Å²) in [5, 5.41) is 0. The maximum atomic E-state index is 5.73. The van der Waals surface area contributed by atoms with Gasteiger partial charge in [-0.2, -0.15) is 0 Å². The van der Waals surface area contributed by atoms with Crippen molar-refractivity contribution in [2.24, 2.45) is 5.73 Å². The van der Waals surface area contributed by atoms with Gasteiger partial charge >= 0.3 is 0 Å². The van der Waals surface area contributed by atoms with E-state index in [9.17, 15) is 0 Å². The van der Waals surface area contributed by atoms with Crippen LogP contribution >= 0.6 is 11.8 Å². The minimum absolute atomic E-state index is 0.285. The highest BCUT2D eigenvalue weighted by Gasteiger charge is 2.10. The lowest BCUT2D eigenvalue weighted by Crippen LogP contribution is -2.17. The van der Waals surface area contributed by atoms with Gasteiger partial charge in [0.1, 0.15) is 0 Å². The van der Waals surface area contributed by atoms with Crippen LogP contribution < -0.4 is 5.73 Å². The lowest BCUT2D eigenvalue weighted by molar-refractivity contribution is 0.847. The first-order valence-corrected chi connectivity index (χ1v) is 6.24. The number of hydrogen-bond acceptors (Lipinski definition) is 2. The van der Waals surface area contributed by atoms with Crippen LogP contribution in [0.3, 0.4) is 0 Å². The second-order valence-corrected chi connectivity index (χ2v) is 5.17. The van der Waals surface area contributed by atoms with E-state index in [0.29, 0.717) is 0 Å². The van der Waals surface area contributed by atoms with Gasteiger partial charge in [-0.05, 0) is 49.4 Å². The molecule has 0 saturated heterocycles. The highest BCUT2D eigenvalue weighted by atomic mass is 32.2. The van der Waals surface area contributed by atoms with E-state index in [-0.39, 0.29) is 6.04 Å². The summed E-state index contributed by atoms with van der Waals surface area (Å²) >= 11 is 1.87. The van der Waals surface area contributed by atoms with Gasteiger partial charge in [-0.3, -0.25) is 0 Å². The molecular weight excluding hydrogens is 190 g/mol. The third-order valence-corrected chi connectivity index (χ3v) is 3.86. The van der Waals surface area contributed by atoms with E-state index >= 15 is 0 Å². The summed E-state index contributed by atoms with van der Waals surface area (Å²) < 4.78 is 0. The van der Waals surface area contributed by atoms with E-state index in [4.69, 9.17) is 5.73 Å². The van der Waals surface area contributed by atoms with Crippen LogP contribution in [0.4, 0.5) is 0 Å². The van der Waals surface area contributed by atoms with Crippen molar-refractivity contribution in [1.29, 1.82) is 0 Å². The third-order valence-electron chi connectivity index (χ3n) is 2.58. The molecule has 14 heavy (non-hydrogen) atoms. The first kappa shape index (κ1) is 10.1. The first-order chi connectivity index (χ1) is 6.75. The molecule has 2 N–H and O–H groups in total. The van der Waals surface area contributed by atoms with E-state index in [2.05, 4.69) is 25.1 Å². The highest BCUT2D eigenvalue weighted by Crippen LogP contribution is 2.27. The predicted octanol–water partition coefficient (Wildman–Crippen LogP) is 2.61. The van der Waals surface area contributed by atoms with Gasteiger partial charge in [0.25, 0.3) is 0 Å². The van der Waals surface area contributed by atoms with Gasteiger partial charge in [0.2, 0.25) is 0 Å². The minimum atomic E-state index is 0.285. The average Bonchev–Trinajstić information content (AvgIpc) is 2.61. The topological polar surface area (TPSA) is 26.0 Å². The van der Waals surface area contributed by atoms with Crippen LogP contribution in [-0.2, 0) is 12.8 Å². The molecule has 0 bridgehead atoms. The summed E-state index contributed by atoms with van der Waals surface area (Å²) in [4.78, 5) is 1.38. The van der Waals surface area contributed by atoms with E-state index < -0.39 is 0 Å². The number of hydrogen-bond donors (Lipinski definition) is 1. The van der Waals surface area contributed by atoms with Crippen molar-refractivity contribution in [3.05, 3.63) is 29.3 Å². The molecule has 0 aromatic heterocycles. The molecule has 0 radical (unpaired) electrons. The Kier molecular flexibility index (Phi) is 3.14. The Labute approximate surface area is 90.1 Å². The summed E-state index contributed by atoms with van der Waals surface area (Å²) in [6, 6.07) is 7.14. The lowest BCUT2D eigenvalue weighted by Gasteiger charge is -2.06. The maximum Gasteiger partial charge on any atom is 0.0129 e. The first-order valence-electron chi connectivity index (χ1n) is 5.26. The zero-order valence-corrected chi connectivity index (χ0v) is 9.44. The predicted molar refractivity (Wildman–Crippen MR) is 62.8 cm³/mol. The SMILES string of the molecule is CC(N)CSc1ccc2c(c1)CCC2. The molecule has 0 saturated carbocycles. The fraction of sp³-hybridized carbons (Fsp3) is 0.500. The molecule has 1 atom stereocenters. The summed E-state index contributed by atoms with van der Waals surface area (Å²) in [6.07, 6.45) is 3.87. The molecule has 1 unspecified atom stereocenters. The van der Waals surface area contributed by atoms with Crippen molar-refractivity contribution < 1.29 is 0 Å². The molecule has 1 aliphatic carbocycles. The summed E-state index contributed by atoms with van der Waals surface area (Å²) in [7, 11) is 0. The number of fused-ring (bicyclic) bond motifs is 1. The largest absolute Gasteiger partial charge is 0.327 e. The Morgan fingerprint density at radius 3 is 2.93 bits per heavy atom. The van der Waals surface area contributed by atoms with E-state index in [1.807, 2.05) is 11.8 Å². The highest BCUT2D eigenvalue weighted by molar-refractivity contribution is 7.99. The Morgan fingerprint density at radius 1 is 1.36 bits per heavy atom. The molecule has 1 nitrogen and oxygen atoms in total. The minimum Gasteiger partial charge on any atom is -0.327 e. The number of rotatable bonds is 3. The van der Waals surface area contributed by atoms with Crippen molar-refractivity contribution in [2.75, 3.05) is 5.75 Å². The van der Waals surface area contributed by atoms with Gasteiger partial charge < -0.3 is 5.73 Å². The number of aryl methyl sites for hydroxylation is 2. The fourth-order valence-corrected chi connectivity index (χ4v) is 2.71. The second-order valence-electron chi connectivity index (χ2n) is 4.07. The van der Waals surface area contributed by atoms with Crippen LogP contribution in [-0.4, -0.2) is 11.8 Å². The van der Waals surface area contributed by atoms with Gasteiger partial charge in [0.15, 0.2) is 0 Å². The summed E-state index contributed by atoms with van der Waals surface area (Å²) in [5.41, 5.74) is 8.84. The molecule has 1 aliphatic rings. The standard InChI is InChI=1S/C12H17NS/c1-9(13)8-14-12-6-5-10-3-2-4-11(10)7-12/h5-7,9H,2-4,8,13H2,1H3. The van der Waals surface area contributed by atoms with Crippen molar-refractivity contribution in [2.45, 2.75) is 37.1 Å². The zero-order valence-electron chi connectivity index (χ0n) is 8.62. The van der Waals surface area contributed by atoms with Crippen LogP contribution in [0.5, 0.6) is 0 Å². The van der Waals surface area contributed by atoms with Gasteiger partial charge in [-0.1, -0.05) is 6.07 Å². The van der Waals surface area contributed by atoms with Crippen LogP contribution in [0.2, 0.25) is 0 Å². The molecule has 2 heteroatoms. The third kappa shape index (κ3) is 2.31. The maximum absolute atomic E-state index is 5.73. The Balaban J connectivity index is 2.05. The normalized spacial score (nSPS) is 16.7. The van der Waals surface area contributed by atoms with Crippen LogP contribution in [0.1, 0.15) is 24.5 Å². The molecule has 0 spiro atoms. The molecule has 1 aromatic rings. The monoisotopic (exact) mass is 207 g/mol. The second kappa shape index (κ2) is 4.37. The molecule has 1 aromatic carbocycles. The molecule has 0 heterocycles. The van der Waals surface area contributed by atoms with Gasteiger partial charge in [-0.15, -0.1) is 11.8 Å². The van der Waals surface area contributed by atoms with Gasteiger partial charge in [-0.25, -0.2) is 0 Å². The van der Waals surface area contributed by atoms with Crippen LogP contribution in [0, 0.1) is 0 Å². The molecule has 2 rings (SSSR count). The number of benzene rings is 1. The van der Waals surface area contributed by atoms with Crippen LogP contribution in [0.25, 0.3) is 0 Å². The zero-order chi connectivity index (χ0) is 9.97. The van der Waals surface area contributed by atoms with Crippen molar-refractivity contribution in [1.82, 2.24) is 0 Å². The smallest absolute Gasteiger partial charge is 0.0129 e. The fourth-order valence-electron chi connectivity index (χ4n) is 1.87. The van der Waals surface area contributed by atoms with Crippen LogP contribution in [0.15, 0.2) is 23.1 Å². The summed E-state index contributed by atoms with van der Waals surface area (Å²) in [5.74, 6) is 1.01. The Bertz CT molecular complexity index is 320. The van der Waals surface area contributed by atoms with E-state index in [1.54, 1.807) is 11.1 Å².